The molecule has 0 aliphatic carbocycles. The zero-order valence-corrected chi connectivity index (χ0v) is 7.73. The van der Waals surface area contributed by atoms with Crippen molar-refractivity contribution in [3.8, 4) is 0 Å². The van der Waals surface area contributed by atoms with E-state index in [1.54, 1.807) is 30.1 Å². The fraction of sp³-hybridized carbons (Fsp3) is 0.444. The number of ether oxygens (including phenoxy) is 1. The first kappa shape index (κ1) is 9.80. The third-order valence-electron chi connectivity index (χ3n) is 1.87. The molecule has 4 nitrogen and oxygen atoms in total. The summed E-state index contributed by atoms with van der Waals surface area (Å²) in [5, 5.41) is 8.64. The number of hydrogen-bond acceptors (Lipinski definition) is 2. The number of nitrogens with zero attached hydrogens (tertiary/aromatic N) is 1. The lowest BCUT2D eigenvalue weighted by atomic mass is 10.3. The van der Waals surface area contributed by atoms with Crippen molar-refractivity contribution in [2.45, 2.75) is 19.6 Å². The van der Waals surface area contributed by atoms with Crippen molar-refractivity contribution in [1.82, 2.24) is 4.57 Å². The normalized spacial score (nSPS) is 12.8. The second-order valence-corrected chi connectivity index (χ2v) is 2.95. The van der Waals surface area contributed by atoms with Crippen LogP contribution in [0.15, 0.2) is 18.5 Å². The minimum atomic E-state index is -0.899. The van der Waals surface area contributed by atoms with Crippen LogP contribution in [0.1, 0.15) is 17.3 Å². The molecule has 72 valence electrons. The van der Waals surface area contributed by atoms with Gasteiger partial charge in [0.1, 0.15) is 0 Å². The second kappa shape index (κ2) is 4.09. The van der Waals surface area contributed by atoms with Crippen LogP contribution >= 0.6 is 0 Å². The Morgan fingerprint density at radius 3 is 2.92 bits per heavy atom. The first-order chi connectivity index (χ1) is 6.13. The molecule has 0 saturated carbocycles. The molecule has 1 aromatic heterocycles. The Kier molecular flexibility index (Phi) is 3.08. The van der Waals surface area contributed by atoms with Gasteiger partial charge in [0.2, 0.25) is 0 Å². The monoisotopic (exact) mass is 183 g/mol. The molecular formula is C9H13NO3. The van der Waals surface area contributed by atoms with Crippen molar-refractivity contribution in [3.63, 3.8) is 0 Å². The SMILES string of the molecule is COC(C)Cn1ccc(C(=O)O)c1. The Morgan fingerprint density at radius 1 is 1.77 bits per heavy atom. The maximum Gasteiger partial charge on any atom is 0.337 e. The van der Waals surface area contributed by atoms with E-state index in [-0.39, 0.29) is 6.10 Å². The molecule has 0 aliphatic rings. The summed E-state index contributed by atoms with van der Waals surface area (Å²) >= 11 is 0. The number of carbonyl (C=O) groups is 1. The number of carboxylic acids is 1. The van der Waals surface area contributed by atoms with Crippen LogP contribution in [-0.2, 0) is 11.3 Å². The highest BCUT2D eigenvalue weighted by Crippen LogP contribution is 2.03. The summed E-state index contributed by atoms with van der Waals surface area (Å²) in [7, 11) is 1.63. The summed E-state index contributed by atoms with van der Waals surface area (Å²) < 4.78 is 6.86. The second-order valence-electron chi connectivity index (χ2n) is 2.95. The summed E-state index contributed by atoms with van der Waals surface area (Å²) in [6.45, 7) is 2.60. The molecule has 1 unspecified atom stereocenters. The highest BCUT2D eigenvalue weighted by Gasteiger charge is 2.06. The van der Waals surface area contributed by atoms with Crippen molar-refractivity contribution in [3.05, 3.63) is 24.0 Å². The van der Waals surface area contributed by atoms with Gasteiger partial charge >= 0.3 is 5.97 Å². The predicted molar refractivity (Wildman–Crippen MR) is 47.9 cm³/mol. The third-order valence-corrected chi connectivity index (χ3v) is 1.87. The van der Waals surface area contributed by atoms with Crippen LogP contribution in [0, 0.1) is 0 Å². The van der Waals surface area contributed by atoms with E-state index in [0.29, 0.717) is 12.1 Å². The van der Waals surface area contributed by atoms with Gasteiger partial charge in [-0.1, -0.05) is 0 Å². The smallest absolute Gasteiger partial charge is 0.337 e. The standard InChI is InChI=1S/C9H13NO3/c1-7(13-2)5-10-4-3-8(6-10)9(11)12/h3-4,6-7H,5H2,1-2H3,(H,11,12). The Morgan fingerprint density at radius 2 is 2.46 bits per heavy atom. The predicted octanol–water partition coefficient (Wildman–Crippen LogP) is 1.22. The first-order valence-corrected chi connectivity index (χ1v) is 4.05. The van der Waals surface area contributed by atoms with Gasteiger partial charge < -0.3 is 14.4 Å². The number of hydrogen-bond donors (Lipinski definition) is 1. The Bertz CT molecular complexity index is 293. The van der Waals surface area contributed by atoms with Crippen LogP contribution in [0.5, 0.6) is 0 Å². The quantitative estimate of drug-likeness (QED) is 0.763. The molecule has 0 saturated heterocycles. The van der Waals surface area contributed by atoms with Gasteiger partial charge in [-0.05, 0) is 13.0 Å². The largest absolute Gasteiger partial charge is 0.478 e. The van der Waals surface area contributed by atoms with Crippen LogP contribution in [0.4, 0.5) is 0 Å². The summed E-state index contributed by atoms with van der Waals surface area (Å²) in [4.78, 5) is 10.5. The molecule has 0 aromatic carbocycles. The fourth-order valence-corrected chi connectivity index (χ4v) is 1.05. The number of rotatable bonds is 4. The number of carboxylic acid groups (broad SMARTS) is 1. The van der Waals surface area contributed by atoms with Crippen LogP contribution in [-0.4, -0.2) is 28.9 Å². The lowest BCUT2D eigenvalue weighted by molar-refractivity contribution is 0.0696. The van der Waals surface area contributed by atoms with Crippen LogP contribution < -0.4 is 0 Å². The minimum Gasteiger partial charge on any atom is -0.478 e. The molecule has 1 N–H and O–H groups in total. The first-order valence-electron chi connectivity index (χ1n) is 4.05. The van der Waals surface area contributed by atoms with Gasteiger partial charge in [-0.15, -0.1) is 0 Å². The van der Waals surface area contributed by atoms with E-state index >= 15 is 0 Å². The Hall–Kier alpha value is -1.29. The van der Waals surface area contributed by atoms with Crippen molar-refractivity contribution in [2.75, 3.05) is 7.11 Å². The van der Waals surface area contributed by atoms with Gasteiger partial charge in [0, 0.05) is 26.0 Å². The van der Waals surface area contributed by atoms with E-state index < -0.39 is 5.97 Å². The molecule has 1 atom stereocenters. The van der Waals surface area contributed by atoms with Crippen molar-refractivity contribution < 1.29 is 14.6 Å². The fourth-order valence-electron chi connectivity index (χ4n) is 1.05. The van der Waals surface area contributed by atoms with E-state index in [9.17, 15) is 4.79 Å². The van der Waals surface area contributed by atoms with Gasteiger partial charge in [0.25, 0.3) is 0 Å². The number of aromatic nitrogens is 1. The van der Waals surface area contributed by atoms with E-state index in [1.807, 2.05) is 6.92 Å². The van der Waals surface area contributed by atoms with Crippen molar-refractivity contribution in [1.29, 1.82) is 0 Å². The molecular weight excluding hydrogens is 170 g/mol. The lowest BCUT2D eigenvalue weighted by Gasteiger charge is -2.09. The van der Waals surface area contributed by atoms with E-state index in [1.165, 1.54) is 0 Å². The molecule has 1 rings (SSSR count). The minimum absolute atomic E-state index is 0.0917. The summed E-state index contributed by atoms with van der Waals surface area (Å²) in [5.41, 5.74) is 0.309. The van der Waals surface area contributed by atoms with Gasteiger partial charge in [-0.2, -0.15) is 0 Å². The average Bonchev–Trinajstić information content (AvgIpc) is 2.52. The number of methoxy groups -OCH3 is 1. The summed E-state index contributed by atoms with van der Waals surface area (Å²) in [6.07, 6.45) is 3.42. The van der Waals surface area contributed by atoms with Gasteiger partial charge in [0.15, 0.2) is 0 Å². The maximum atomic E-state index is 10.5. The van der Waals surface area contributed by atoms with E-state index in [0.717, 1.165) is 0 Å². The van der Waals surface area contributed by atoms with Crippen molar-refractivity contribution in [2.24, 2.45) is 0 Å². The molecule has 0 aliphatic heterocycles. The maximum absolute atomic E-state index is 10.5. The Labute approximate surface area is 76.7 Å². The molecule has 1 heterocycles. The zero-order valence-electron chi connectivity index (χ0n) is 7.73. The van der Waals surface area contributed by atoms with E-state index in [4.69, 9.17) is 9.84 Å². The molecule has 0 spiro atoms. The molecule has 0 radical (unpaired) electrons. The molecule has 0 bridgehead atoms. The Balaban J connectivity index is 2.64. The molecule has 4 heteroatoms. The van der Waals surface area contributed by atoms with E-state index in [2.05, 4.69) is 0 Å². The third kappa shape index (κ3) is 2.59. The summed E-state index contributed by atoms with van der Waals surface area (Å²) in [5.74, 6) is -0.899. The molecule has 0 amide bonds. The average molecular weight is 183 g/mol. The van der Waals surface area contributed by atoms with Crippen molar-refractivity contribution >= 4 is 5.97 Å². The van der Waals surface area contributed by atoms with Gasteiger partial charge in [-0.3, -0.25) is 0 Å². The zero-order chi connectivity index (χ0) is 9.84. The van der Waals surface area contributed by atoms with Crippen LogP contribution in [0.25, 0.3) is 0 Å². The molecule has 1 aromatic rings. The molecule has 13 heavy (non-hydrogen) atoms. The topological polar surface area (TPSA) is 51.5 Å². The highest BCUT2D eigenvalue weighted by atomic mass is 16.5. The van der Waals surface area contributed by atoms with Gasteiger partial charge in [0.05, 0.1) is 11.7 Å². The highest BCUT2D eigenvalue weighted by molar-refractivity contribution is 5.87. The summed E-state index contributed by atoms with van der Waals surface area (Å²) in [6, 6.07) is 1.57. The van der Waals surface area contributed by atoms with Gasteiger partial charge in [-0.25, -0.2) is 4.79 Å². The van der Waals surface area contributed by atoms with Crippen LogP contribution in [0.3, 0.4) is 0 Å². The van der Waals surface area contributed by atoms with Crippen LogP contribution in [0.2, 0.25) is 0 Å². The lowest BCUT2D eigenvalue weighted by Crippen LogP contribution is -2.13. The number of aromatic carboxylic acids is 1. The molecule has 0 fully saturated rings.